The number of hydrogen-bond donors (Lipinski definition) is 0. The van der Waals surface area contributed by atoms with Crippen molar-refractivity contribution in [3.8, 4) is 0 Å². The molecule has 0 saturated heterocycles. The molecule has 0 saturated carbocycles. The number of hydrogen-bond acceptors (Lipinski definition) is 2. The number of nitrogens with zero attached hydrogens (tertiary/aromatic N) is 1. The number of rotatable bonds is 1. The Kier molecular flexibility index (Phi) is 2.01. The van der Waals surface area contributed by atoms with Crippen LogP contribution in [0.4, 0.5) is 0 Å². The summed E-state index contributed by atoms with van der Waals surface area (Å²) in [6, 6.07) is 4.41. The van der Waals surface area contributed by atoms with Crippen molar-refractivity contribution >= 4 is 11.1 Å². The van der Waals surface area contributed by atoms with Crippen molar-refractivity contribution in [3.63, 3.8) is 0 Å². The highest BCUT2D eigenvalue weighted by atomic mass is 16.3. The molecule has 0 atom stereocenters. The van der Waals surface area contributed by atoms with Crippen molar-refractivity contribution in [3.05, 3.63) is 29.2 Å². The van der Waals surface area contributed by atoms with Crippen LogP contribution < -0.4 is 0 Å². The molecule has 1 heterocycles. The molecule has 1 aliphatic rings. The van der Waals surface area contributed by atoms with Gasteiger partial charge >= 0.3 is 0 Å². The van der Waals surface area contributed by atoms with Gasteiger partial charge in [-0.25, -0.2) is 4.98 Å². The van der Waals surface area contributed by atoms with Crippen molar-refractivity contribution in [2.75, 3.05) is 0 Å². The molecule has 0 amide bonds. The largest absolute Gasteiger partial charge is 0.441 e. The van der Waals surface area contributed by atoms with E-state index in [0.29, 0.717) is 0 Å². The fraction of sp³-hybridized carbons (Fsp3) is 0.462. The van der Waals surface area contributed by atoms with Gasteiger partial charge < -0.3 is 4.42 Å². The van der Waals surface area contributed by atoms with E-state index in [0.717, 1.165) is 23.4 Å². The van der Waals surface area contributed by atoms with Crippen LogP contribution in [0.25, 0.3) is 11.1 Å². The van der Waals surface area contributed by atoms with E-state index < -0.39 is 0 Å². The highest BCUT2D eigenvalue weighted by Gasteiger charge is 2.13. The summed E-state index contributed by atoms with van der Waals surface area (Å²) in [4.78, 5) is 4.47. The van der Waals surface area contributed by atoms with Gasteiger partial charge in [-0.2, -0.15) is 0 Å². The lowest BCUT2D eigenvalue weighted by Gasteiger charge is -2.14. The van der Waals surface area contributed by atoms with Crippen molar-refractivity contribution in [1.29, 1.82) is 0 Å². The Morgan fingerprint density at radius 1 is 1.20 bits per heavy atom. The first-order valence-corrected chi connectivity index (χ1v) is 5.78. The normalized spacial score (nSPS) is 15.5. The Hall–Kier alpha value is -1.31. The first-order valence-electron chi connectivity index (χ1n) is 5.78. The number of benzene rings is 1. The summed E-state index contributed by atoms with van der Waals surface area (Å²) in [6.45, 7) is 2.07. The minimum Gasteiger partial charge on any atom is -0.441 e. The van der Waals surface area contributed by atoms with Crippen molar-refractivity contribution < 1.29 is 4.42 Å². The standard InChI is InChI=1S/C13H15NO/c1-2-13-14-11-7-9-5-3-4-6-10(9)8-12(11)15-13/h7-8H,2-6H2,1H3. The third kappa shape index (κ3) is 1.44. The Morgan fingerprint density at radius 2 is 1.93 bits per heavy atom. The average molecular weight is 201 g/mol. The first-order chi connectivity index (χ1) is 7.36. The highest BCUT2D eigenvalue weighted by Crippen LogP contribution is 2.26. The molecule has 1 aliphatic carbocycles. The van der Waals surface area contributed by atoms with Gasteiger partial charge in [-0.05, 0) is 48.9 Å². The van der Waals surface area contributed by atoms with E-state index in [-0.39, 0.29) is 0 Å². The van der Waals surface area contributed by atoms with Crippen LogP contribution in [0.1, 0.15) is 36.8 Å². The monoisotopic (exact) mass is 201 g/mol. The minimum absolute atomic E-state index is 0.854. The predicted molar refractivity (Wildman–Crippen MR) is 60.0 cm³/mol. The van der Waals surface area contributed by atoms with Crippen LogP contribution in [-0.2, 0) is 19.3 Å². The van der Waals surface area contributed by atoms with Gasteiger partial charge in [0.15, 0.2) is 11.5 Å². The van der Waals surface area contributed by atoms with Gasteiger partial charge in [0.2, 0.25) is 0 Å². The van der Waals surface area contributed by atoms with Crippen LogP contribution in [0, 0.1) is 0 Å². The van der Waals surface area contributed by atoms with Crippen LogP contribution in [0.2, 0.25) is 0 Å². The molecule has 0 radical (unpaired) electrons. The summed E-state index contributed by atoms with van der Waals surface area (Å²) < 4.78 is 5.67. The quantitative estimate of drug-likeness (QED) is 0.707. The summed E-state index contributed by atoms with van der Waals surface area (Å²) in [5.74, 6) is 0.854. The number of aryl methyl sites for hydroxylation is 3. The molecule has 78 valence electrons. The Labute approximate surface area is 89.3 Å². The van der Waals surface area contributed by atoms with E-state index >= 15 is 0 Å². The van der Waals surface area contributed by atoms with Crippen LogP contribution in [-0.4, -0.2) is 4.98 Å². The molecule has 0 unspecified atom stereocenters. The van der Waals surface area contributed by atoms with Crippen LogP contribution in [0.15, 0.2) is 16.5 Å². The molecule has 3 rings (SSSR count). The number of aromatic nitrogens is 1. The lowest BCUT2D eigenvalue weighted by atomic mass is 9.91. The molecule has 0 spiro atoms. The van der Waals surface area contributed by atoms with Crippen molar-refractivity contribution in [2.24, 2.45) is 0 Å². The van der Waals surface area contributed by atoms with E-state index in [4.69, 9.17) is 4.42 Å². The first kappa shape index (κ1) is 8.96. The molecular weight excluding hydrogens is 186 g/mol. The third-order valence-electron chi connectivity index (χ3n) is 3.20. The fourth-order valence-corrected chi connectivity index (χ4v) is 2.35. The van der Waals surface area contributed by atoms with Crippen molar-refractivity contribution in [2.45, 2.75) is 39.0 Å². The molecule has 1 aromatic heterocycles. The molecule has 0 aliphatic heterocycles. The Balaban J connectivity index is 2.19. The van der Waals surface area contributed by atoms with Gasteiger partial charge in [-0.3, -0.25) is 0 Å². The summed E-state index contributed by atoms with van der Waals surface area (Å²) in [7, 11) is 0. The predicted octanol–water partition coefficient (Wildman–Crippen LogP) is 3.27. The fourth-order valence-electron chi connectivity index (χ4n) is 2.35. The minimum atomic E-state index is 0.854. The SMILES string of the molecule is CCc1nc2cc3c(cc2o1)CCCC3. The highest BCUT2D eigenvalue weighted by molar-refractivity contribution is 5.75. The maximum atomic E-state index is 5.67. The molecule has 2 heteroatoms. The molecule has 0 bridgehead atoms. The van der Waals surface area contributed by atoms with Gasteiger partial charge in [0.1, 0.15) is 5.52 Å². The van der Waals surface area contributed by atoms with Crippen molar-refractivity contribution in [1.82, 2.24) is 4.98 Å². The van der Waals surface area contributed by atoms with Gasteiger partial charge in [0, 0.05) is 6.42 Å². The number of oxazole rings is 1. The maximum absolute atomic E-state index is 5.67. The number of fused-ring (bicyclic) bond motifs is 2. The van der Waals surface area contributed by atoms with Gasteiger partial charge in [0.25, 0.3) is 0 Å². The zero-order chi connectivity index (χ0) is 10.3. The van der Waals surface area contributed by atoms with Crippen LogP contribution in [0.3, 0.4) is 0 Å². The summed E-state index contributed by atoms with van der Waals surface area (Å²) in [5, 5.41) is 0. The maximum Gasteiger partial charge on any atom is 0.195 e. The van der Waals surface area contributed by atoms with Crippen LogP contribution in [0.5, 0.6) is 0 Å². The lowest BCUT2D eigenvalue weighted by Crippen LogP contribution is -2.01. The molecule has 0 N–H and O–H groups in total. The van der Waals surface area contributed by atoms with E-state index in [1.807, 2.05) is 0 Å². The summed E-state index contributed by atoms with van der Waals surface area (Å²) in [5.41, 5.74) is 4.94. The van der Waals surface area contributed by atoms with E-state index in [9.17, 15) is 0 Å². The van der Waals surface area contributed by atoms with E-state index in [1.165, 1.54) is 36.8 Å². The third-order valence-corrected chi connectivity index (χ3v) is 3.20. The van der Waals surface area contributed by atoms with E-state index in [1.54, 1.807) is 0 Å². The second-order valence-electron chi connectivity index (χ2n) is 4.26. The molecular formula is C13H15NO. The molecule has 2 aromatic rings. The summed E-state index contributed by atoms with van der Waals surface area (Å²) in [6.07, 6.45) is 5.91. The summed E-state index contributed by atoms with van der Waals surface area (Å²) >= 11 is 0. The van der Waals surface area contributed by atoms with E-state index in [2.05, 4.69) is 24.0 Å². The molecule has 2 nitrogen and oxygen atoms in total. The molecule has 0 fully saturated rings. The van der Waals surface area contributed by atoms with Gasteiger partial charge in [-0.1, -0.05) is 6.92 Å². The topological polar surface area (TPSA) is 26.0 Å². The second kappa shape index (κ2) is 3.37. The second-order valence-corrected chi connectivity index (χ2v) is 4.26. The molecule has 15 heavy (non-hydrogen) atoms. The zero-order valence-corrected chi connectivity index (χ0v) is 9.05. The Morgan fingerprint density at radius 3 is 2.67 bits per heavy atom. The molecule has 1 aromatic carbocycles. The van der Waals surface area contributed by atoms with Gasteiger partial charge in [-0.15, -0.1) is 0 Å². The lowest BCUT2D eigenvalue weighted by molar-refractivity contribution is 0.537. The zero-order valence-electron chi connectivity index (χ0n) is 9.05. The van der Waals surface area contributed by atoms with Crippen LogP contribution >= 0.6 is 0 Å². The Bertz CT molecular complexity index is 455. The average Bonchev–Trinajstić information content (AvgIpc) is 2.67. The smallest absolute Gasteiger partial charge is 0.195 e. The van der Waals surface area contributed by atoms with Gasteiger partial charge in [0.05, 0.1) is 0 Å².